The molecule has 0 spiro atoms. The van der Waals surface area contributed by atoms with E-state index >= 15 is 0 Å². The van der Waals surface area contributed by atoms with Crippen LogP contribution >= 0.6 is 11.6 Å². The lowest BCUT2D eigenvalue weighted by molar-refractivity contribution is 0.602. The van der Waals surface area contributed by atoms with Gasteiger partial charge >= 0.3 is 0 Å². The number of nitrogens with one attached hydrogen (secondary N) is 1. The number of fused-ring (bicyclic) bond motifs is 1. The second kappa shape index (κ2) is 3.31. The molecule has 0 saturated heterocycles. The van der Waals surface area contributed by atoms with E-state index in [0.717, 1.165) is 12.1 Å². The highest BCUT2D eigenvalue weighted by Gasteiger charge is 2.11. The molecule has 0 amide bonds. The fourth-order valence-electron chi connectivity index (χ4n) is 1.38. The van der Waals surface area contributed by atoms with Gasteiger partial charge in [0.15, 0.2) is 5.82 Å². The number of hydrogen-bond acceptors (Lipinski definition) is 1. The number of pyridine rings is 1. The van der Waals surface area contributed by atoms with Gasteiger partial charge in [0.05, 0.1) is 21.6 Å². The summed E-state index contributed by atoms with van der Waals surface area (Å²) in [7, 11) is 0. The maximum absolute atomic E-state index is 13.2. The van der Waals surface area contributed by atoms with Gasteiger partial charge in [0, 0.05) is 0 Å². The van der Waals surface area contributed by atoms with Gasteiger partial charge in [-0.2, -0.15) is 0 Å². The van der Waals surface area contributed by atoms with Gasteiger partial charge in [-0.25, -0.2) is 8.78 Å². The second-order valence-corrected chi connectivity index (χ2v) is 3.61. The van der Waals surface area contributed by atoms with Crippen molar-refractivity contribution in [3.05, 3.63) is 44.7 Å². The average Bonchev–Trinajstić information content (AvgIpc) is 2.19. The normalized spacial score (nSPS) is 10.9. The smallest absolute Gasteiger partial charge is 0.225 e. The van der Waals surface area contributed by atoms with E-state index < -0.39 is 17.1 Å². The molecule has 78 valence electrons. The quantitative estimate of drug-likeness (QED) is 0.740. The summed E-state index contributed by atoms with van der Waals surface area (Å²) in [6.45, 7) is 1.41. The summed E-state index contributed by atoms with van der Waals surface area (Å²) in [5.74, 6) is -1.52. The Balaban J connectivity index is 3.00. The largest absolute Gasteiger partial charge is 0.356 e. The maximum Gasteiger partial charge on any atom is 0.225 e. The van der Waals surface area contributed by atoms with Crippen LogP contribution in [0.5, 0.6) is 0 Å². The molecular weight excluding hydrogens is 224 g/mol. The van der Waals surface area contributed by atoms with Crippen LogP contribution in [0, 0.1) is 18.6 Å². The second-order valence-electron chi connectivity index (χ2n) is 3.21. The molecule has 1 aromatic heterocycles. The summed E-state index contributed by atoms with van der Waals surface area (Å²) in [6, 6.07) is 2.19. The van der Waals surface area contributed by atoms with Crippen LogP contribution in [0.4, 0.5) is 8.78 Å². The summed E-state index contributed by atoms with van der Waals surface area (Å²) < 4.78 is 26.3. The Morgan fingerprint density at radius 3 is 2.67 bits per heavy atom. The first-order valence-corrected chi connectivity index (χ1v) is 4.55. The Labute approximate surface area is 88.5 Å². The Hall–Kier alpha value is -1.42. The van der Waals surface area contributed by atoms with Gasteiger partial charge in [0.2, 0.25) is 5.43 Å². The summed E-state index contributed by atoms with van der Waals surface area (Å²) in [4.78, 5) is 14.0. The molecular formula is C10H6ClF2NO. The predicted molar refractivity (Wildman–Crippen MR) is 54.2 cm³/mol. The molecule has 0 atom stereocenters. The predicted octanol–water partition coefficient (Wildman–Crippen LogP) is 2.77. The van der Waals surface area contributed by atoms with Gasteiger partial charge in [-0.05, 0) is 19.1 Å². The maximum atomic E-state index is 13.2. The number of aromatic nitrogens is 1. The van der Waals surface area contributed by atoms with Crippen molar-refractivity contribution in [3.8, 4) is 0 Å². The van der Waals surface area contributed by atoms with Crippen LogP contribution < -0.4 is 5.43 Å². The van der Waals surface area contributed by atoms with Crippen molar-refractivity contribution < 1.29 is 8.78 Å². The van der Waals surface area contributed by atoms with Crippen LogP contribution in [-0.4, -0.2) is 4.98 Å². The Morgan fingerprint density at radius 2 is 2.00 bits per heavy atom. The topological polar surface area (TPSA) is 32.9 Å². The van der Waals surface area contributed by atoms with Gasteiger partial charge < -0.3 is 4.98 Å². The van der Waals surface area contributed by atoms with Crippen molar-refractivity contribution in [2.45, 2.75) is 6.92 Å². The fourth-order valence-corrected chi connectivity index (χ4v) is 1.55. The summed E-state index contributed by atoms with van der Waals surface area (Å²) in [5.41, 5.74) is -0.460. The molecule has 0 radical (unpaired) electrons. The minimum absolute atomic E-state index is 0.0458. The minimum atomic E-state index is -0.870. The molecule has 1 aromatic carbocycles. The lowest BCUT2D eigenvalue weighted by Gasteiger charge is -2.02. The first-order valence-electron chi connectivity index (χ1n) is 4.18. The van der Waals surface area contributed by atoms with Crippen molar-refractivity contribution in [2.24, 2.45) is 0 Å². The monoisotopic (exact) mass is 229 g/mol. The molecule has 15 heavy (non-hydrogen) atoms. The van der Waals surface area contributed by atoms with Crippen LogP contribution in [-0.2, 0) is 0 Å². The standard InChI is InChI=1S/C10H6ClF2NO/c1-4-9(13)10(15)5-2-6(11)7(12)3-8(5)14-4/h2-3H,1H3,(H,14,15). The van der Waals surface area contributed by atoms with Crippen LogP contribution in [0.2, 0.25) is 5.02 Å². The van der Waals surface area contributed by atoms with E-state index in [1.54, 1.807) is 0 Å². The van der Waals surface area contributed by atoms with E-state index in [2.05, 4.69) is 4.98 Å². The number of hydrogen-bond donors (Lipinski definition) is 1. The van der Waals surface area contributed by atoms with Crippen molar-refractivity contribution in [3.63, 3.8) is 0 Å². The zero-order valence-corrected chi connectivity index (χ0v) is 8.45. The Morgan fingerprint density at radius 1 is 1.33 bits per heavy atom. The van der Waals surface area contributed by atoms with Crippen molar-refractivity contribution in [1.29, 1.82) is 0 Å². The Bertz CT molecular complexity index is 601. The SMILES string of the molecule is Cc1[nH]c2cc(F)c(Cl)cc2c(=O)c1F. The van der Waals surface area contributed by atoms with E-state index in [-0.39, 0.29) is 21.6 Å². The number of aryl methyl sites for hydroxylation is 1. The molecule has 2 aromatic rings. The van der Waals surface area contributed by atoms with Gasteiger partial charge in [-0.1, -0.05) is 11.6 Å². The third-order valence-corrected chi connectivity index (χ3v) is 2.45. The van der Waals surface area contributed by atoms with E-state index in [0.29, 0.717) is 0 Å². The number of H-pyrrole nitrogens is 1. The molecule has 1 heterocycles. The summed E-state index contributed by atoms with van der Waals surface area (Å²) in [6.07, 6.45) is 0. The fraction of sp³-hybridized carbons (Fsp3) is 0.100. The minimum Gasteiger partial charge on any atom is -0.356 e. The highest BCUT2D eigenvalue weighted by Crippen LogP contribution is 2.20. The van der Waals surface area contributed by atoms with E-state index in [9.17, 15) is 13.6 Å². The van der Waals surface area contributed by atoms with Crippen molar-refractivity contribution in [2.75, 3.05) is 0 Å². The molecule has 1 N–H and O–H groups in total. The molecule has 0 fully saturated rings. The third kappa shape index (κ3) is 1.51. The lowest BCUT2D eigenvalue weighted by Crippen LogP contribution is -2.11. The number of benzene rings is 1. The first kappa shape index (κ1) is 10.1. The highest BCUT2D eigenvalue weighted by molar-refractivity contribution is 6.31. The van der Waals surface area contributed by atoms with Crippen molar-refractivity contribution in [1.82, 2.24) is 4.98 Å². The molecule has 0 aliphatic rings. The van der Waals surface area contributed by atoms with Gasteiger partial charge in [-0.3, -0.25) is 4.79 Å². The lowest BCUT2D eigenvalue weighted by atomic mass is 10.2. The molecule has 0 unspecified atom stereocenters. The van der Waals surface area contributed by atoms with E-state index in [4.69, 9.17) is 11.6 Å². The molecule has 2 rings (SSSR count). The first-order chi connectivity index (χ1) is 7.00. The molecule has 5 heteroatoms. The molecule has 0 bridgehead atoms. The van der Waals surface area contributed by atoms with Gasteiger partial charge in [0.1, 0.15) is 5.82 Å². The number of rotatable bonds is 0. The van der Waals surface area contributed by atoms with E-state index in [1.807, 2.05) is 0 Å². The number of aromatic amines is 1. The van der Waals surface area contributed by atoms with Crippen molar-refractivity contribution >= 4 is 22.5 Å². The zero-order chi connectivity index (χ0) is 11.2. The highest BCUT2D eigenvalue weighted by atomic mass is 35.5. The van der Waals surface area contributed by atoms with Crippen LogP contribution in [0.25, 0.3) is 10.9 Å². The van der Waals surface area contributed by atoms with Crippen LogP contribution in [0.3, 0.4) is 0 Å². The zero-order valence-electron chi connectivity index (χ0n) is 7.70. The Kier molecular flexibility index (Phi) is 2.23. The molecule has 0 saturated carbocycles. The number of halogens is 3. The van der Waals surface area contributed by atoms with E-state index in [1.165, 1.54) is 6.92 Å². The van der Waals surface area contributed by atoms with Gasteiger partial charge in [0.25, 0.3) is 0 Å². The average molecular weight is 230 g/mol. The van der Waals surface area contributed by atoms with Gasteiger partial charge in [-0.15, -0.1) is 0 Å². The molecule has 0 aliphatic carbocycles. The summed E-state index contributed by atoms with van der Waals surface area (Å²) >= 11 is 5.50. The summed E-state index contributed by atoms with van der Waals surface area (Å²) in [5, 5.41) is -0.152. The third-order valence-electron chi connectivity index (χ3n) is 2.16. The molecule has 2 nitrogen and oxygen atoms in total. The molecule has 0 aliphatic heterocycles. The van der Waals surface area contributed by atoms with Crippen LogP contribution in [0.15, 0.2) is 16.9 Å². The van der Waals surface area contributed by atoms with Crippen LogP contribution in [0.1, 0.15) is 5.69 Å².